The molecule has 1 aliphatic heterocycles. The van der Waals surface area contributed by atoms with E-state index in [1.54, 1.807) is 0 Å². The molecule has 0 unspecified atom stereocenters. The van der Waals surface area contributed by atoms with Gasteiger partial charge in [-0.1, -0.05) is 30.3 Å². The summed E-state index contributed by atoms with van der Waals surface area (Å²) in [6, 6.07) is 9.92. The van der Waals surface area contributed by atoms with Gasteiger partial charge in [0.25, 0.3) is 0 Å². The zero-order valence-electron chi connectivity index (χ0n) is 13.9. The summed E-state index contributed by atoms with van der Waals surface area (Å²) in [6.45, 7) is 1.74. The number of amides is 1. The molecule has 1 aromatic carbocycles. The Bertz CT molecular complexity index is 724. The van der Waals surface area contributed by atoms with Gasteiger partial charge in [-0.25, -0.2) is 4.98 Å². The van der Waals surface area contributed by atoms with Crippen LogP contribution >= 0.6 is 0 Å². The van der Waals surface area contributed by atoms with Crippen LogP contribution in [0, 0.1) is 0 Å². The first-order chi connectivity index (χ1) is 11.7. The molecule has 2 N–H and O–H groups in total. The SMILES string of the molecule is NC(=O)[C@@H](c1ccccc1)N1CC[C@@H](n2cnc3c2CCCC3)C1. The maximum absolute atomic E-state index is 12.1. The van der Waals surface area contributed by atoms with Gasteiger partial charge in [0.2, 0.25) is 5.91 Å². The van der Waals surface area contributed by atoms with E-state index in [0.717, 1.165) is 37.9 Å². The fourth-order valence-corrected chi connectivity index (χ4v) is 4.23. The van der Waals surface area contributed by atoms with Crippen molar-refractivity contribution in [3.05, 3.63) is 53.6 Å². The molecule has 2 atom stereocenters. The molecule has 24 heavy (non-hydrogen) atoms. The summed E-state index contributed by atoms with van der Waals surface area (Å²) in [5, 5.41) is 0. The number of carbonyl (C=O) groups excluding carboxylic acids is 1. The number of hydrogen-bond donors (Lipinski definition) is 1. The molecule has 5 heteroatoms. The number of hydrogen-bond acceptors (Lipinski definition) is 3. The van der Waals surface area contributed by atoms with Crippen LogP contribution in [0.25, 0.3) is 0 Å². The Hall–Kier alpha value is -2.14. The van der Waals surface area contributed by atoms with Crippen molar-refractivity contribution in [2.24, 2.45) is 5.73 Å². The van der Waals surface area contributed by atoms with Crippen LogP contribution in [-0.2, 0) is 17.6 Å². The number of imidazole rings is 1. The molecule has 1 aliphatic carbocycles. The molecule has 0 radical (unpaired) electrons. The quantitative estimate of drug-likeness (QED) is 0.938. The lowest BCUT2D eigenvalue weighted by Crippen LogP contribution is -2.36. The smallest absolute Gasteiger partial charge is 0.239 e. The number of aryl methyl sites for hydroxylation is 1. The van der Waals surface area contributed by atoms with Crippen molar-refractivity contribution in [3.8, 4) is 0 Å². The molecule has 4 rings (SSSR count). The Morgan fingerprint density at radius 2 is 2.00 bits per heavy atom. The summed E-state index contributed by atoms with van der Waals surface area (Å²) in [5.74, 6) is -0.269. The van der Waals surface area contributed by atoms with E-state index in [-0.39, 0.29) is 11.9 Å². The third-order valence-corrected chi connectivity index (χ3v) is 5.40. The summed E-state index contributed by atoms with van der Waals surface area (Å²) in [7, 11) is 0. The molecule has 1 aromatic heterocycles. The largest absolute Gasteiger partial charge is 0.368 e. The molecule has 1 fully saturated rings. The number of carbonyl (C=O) groups is 1. The van der Waals surface area contributed by atoms with Gasteiger partial charge >= 0.3 is 0 Å². The van der Waals surface area contributed by atoms with Crippen molar-refractivity contribution < 1.29 is 4.79 Å². The van der Waals surface area contributed by atoms with Gasteiger partial charge in [-0.15, -0.1) is 0 Å². The van der Waals surface area contributed by atoms with Crippen LogP contribution in [0.5, 0.6) is 0 Å². The first-order valence-electron chi connectivity index (χ1n) is 8.87. The highest BCUT2D eigenvalue weighted by atomic mass is 16.1. The lowest BCUT2D eigenvalue weighted by Gasteiger charge is -2.26. The van der Waals surface area contributed by atoms with Crippen LogP contribution in [-0.4, -0.2) is 33.4 Å². The van der Waals surface area contributed by atoms with E-state index in [4.69, 9.17) is 5.73 Å². The van der Waals surface area contributed by atoms with Crippen molar-refractivity contribution in [2.45, 2.75) is 44.2 Å². The van der Waals surface area contributed by atoms with E-state index < -0.39 is 0 Å². The van der Waals surface area contributed by atoms with Gasteiger partial charge in [0.05, 0.1) is 12.0 Å². The first kappa shape index (κ1) is 15.4. The van der Waals surface area contributed by atoms with Gasteiger partial charge in [-0.3, -0.25) is 9.69 Å². The fourth-order valence-electron chi connectivity index (χ4n) is 4.23. The lowest BCUT2D eigenvalue weighted by molar-refractivity contribution is -0.123. The van der Waals surface area contributed by atoms with E-state index in [1.165, 1.54) is 24.2 Å². The molecule has 1 amide bonds. The van der Waals surface area contributed by atoms with Gasteiger partial charge < -0.3 is 10.3 Å². The summed E-state index contributed by atoms with van der Waals surface area (Å²) in [6.07, 6.45) is 7.78. The van der Waals surface area contributed by atoms with Gasteiger partial charge in [0.1, 0.15) is 6.04 Å². The van der Waals surface area contributed by atoms with Crippen LogP contribution in [0.2, 0.25) is 0 Å². The summed E-state index contributed by atoms with van der Waals surface area (Å²) in [4.78, 5) is 18.9. The van der Waals surface area contributed by atoms with Crippen molar-refractivity contribution in [1.29, 1.82) is 0 Å². The standard InChI is InChI=1S/C19H24N4O/c20-19(24)18(14-6-2-1-3-7-14)22-11-10-15(12-22)23-13-21-16-8-4-5-9-17(16)23/h1-3,6-7,13,15,18H,4-5,8-12H2,(H2,20,24)/t15-,18-/m1/s1. The van der Waals surface area contributed by atoms with Gasteiger partial charge in [0.15, 0.2) is 0 Å². The van der Waals surface area contributed by atoms with E-state index in [1.807, 2.05) is 36.7 Å². The van der Waals surface area contributed by atoms with Crippen LogP contribution in [0.15, 0.2) is 36.7 Å². The zero-order chi connectivity index (χ0) is 16.5. The second-order valence-corrected chi connectivity index (χ2v) is 6.91. The zero-order valence-corrected chi connectivity index (χ0v) is 13.9. The van der Waals surface area contributed by atoms with Crippen molar-refractivity contribution in [2.75, 3.05) is 13.1 Å². The van der Waals surface area contributed by atoms with Crippen LogP contribution in [0.3, 0.4) is 0 Å². The monoisotopic (exact) mass is 324 g/mol. The fraction of sp³-hybridized carbons (Fsp3) is 0.474. The molecule has 0 bridgehead atoms. The Labute approximate surface area is 142 Å². The molecule has 1 saturated heterocycles. The Balaban J connectivity index is 1.55. The number of nitrogens with zero attached hydrogens (tertiary/aromatic N) is 3. The van der Waals surface area contributed by atoms with Gasteiger partial charge in [-0.2, -0.15) is 0 Å². The highest BCUT2D eigenvalue weighted by Crippen LogP contribution is 2.32. The molecule has 2 heterocycles. The minimum atomic E-state index is -0.337. The lowest BCUT2D eigenvalue weighted by atomic mass is 10.0. The van der Waals surface area contributed by atoms with E-state index >= 15 is 0 Å². The van der Waals surface area contributed by atoms with Crippen LogP contribution < -0.4 is 5.73 Å². The normalized spacial score (nSPS) is 22.2. The molecule has 0 saturated carbocycles. The van der Waals surface area contributed by atoms with E-state index in [2.05, 4.69) is 14.5 Å². The topological polar surface area (TPSA) is 64.2 Å². The minimum Gasteiger partial charge on any atom is -0.368 e. The average Bonchev–Trinajstić information content (AvgIpc) is 3.22. The Kier molecular flexibility index (Phi) is 4.10. The molecular weight excluding hydrogens is 300 g/mol. The second-order valence-electron chi connectivity index (χ2n) is 6.91. The van der Waals surface area contributed by atoms with E-state index in [0.29, 0.717) is 6.04 Å². The van der Waals surface area contributed by atoms with Gasteiger partial charge in [0, 0.05) is 24.8 Å². The third-order valence-electron chi connectivity index (χ3n) is 5.40. The molecular formula is C19H24N4O. The molecule has 5 nitrogen and oxygen atoms in total. The predicted molar refractivity (Wildman–Crippen MR) is 92.5 cm³/mol. The maximum atomic E-state index is 12.1. The number of fused-ring (bicyclic) bond motifs is 1. The number of aromatic nitrogens is 2. The summed E-state index contributed by atoms with van der Waals surface area (Å²) in [5.41, 5.74) is 9.39. The Morgan fingerprint density at radius 1 is 1.21 bits per heavy atom. The predicted octanol–water partition coefficient (Wildman–Crippen LogP) is 2.24. The highest BCUT2D eigenvalue weighted by Gasteiger charge is 2.34. The van der Waals surface area contributed by atoms with E-state index in [9.17, 15) is 4.79 Å². The third kappa shape index (κ3) is 2.73. The van der Waals surface area contributed by atoms with Gasteiger partial charge in [-0.05, 0) is 37.7 Å². The second kappa shape index (κ2) is 6.40. The van der Waals surface area contributed by atoms with Crippen molar-refractivity contribution in [1.82, 2.24) is 14.5 Å². The van der Waals surface area contributed by atoms with Crippen molar-refractivity contribution >= 4 is 5.91 Å². The molecule has 2 aromatic rings. The summed E-state index contributed by atoms with van der Waals surface area (Å²) >= 11 is 0. The van der Waals surface area contributed by atoms with Crippen LogP contribution in [0.4, 0.5) is 0 Å². The first-order valence-corrected chi connectivity index (χ1v) is 8.87. The van der Waals surface area contributed by atoms with Crippen LogP contribution in [0.1, 0.15) is 48.3 Å². The Morgan fingerprint density at radius 3 is 2.79 bits per heavy atom. The highest BCUT2D eigenvalue weighted by molar-refractivity contribution is 5.81. The number of nitrogens with two attached hydrogens (primary N) is 1. The summed E-state index contributed by atoms with van der Waals surface area (Å²) < 4.78 is 2.36. The average molecular weight is 324 g/mol. The number of rotatable bonds is 4. The molecule has 2 aliphatic rings. The number of benzene rings is 1. The molecule has 126 valence electrons. The number of primary amides is 1. The maximum Gasteiger partial charge on any atom is 0.239 e. The van der Waals surface area contributed by atoms with Crippen molar-refractivity contribution in [3.63, 3.8) is 0 Å². The molecule has 0 spiro atoms. The number of likely N-dealkylation sites (tertiary alicyclic amines) is 1. The minimum absolute atomic E-state index is 0.269.